The molecule has 0 saturated carbocycles. The number of benzene rings is 3. The van der Waals surface area contributed by atoms with Crippen LogP contribution in [0.3, 0.4) is 0 Å². The minimum atomic E-state index is -4.38. The van der Waals surface area contributed by atoms with Crippen molar-refractivity contribution < 1.29 is 22.7 Å². The van der Waals surface area contributed by atoms with Gasteiger partial charge in [-0.15, -0.1) is 0 Å². The molecule has 1 heterocycles. The second-order valence-corrected chi connectivity index (χ2v) is 6.86. The molecule has 0 aliphatic carbocycles. The molecule has 0 spiro atoms. The molecule has 0 atom stereocenters. The zero-order valence-corrected chi connectivity index (χ0v) is 15.5. The largest absolute Gasteiger partial charge is 0.457 e. The molecule has 1 amide bonds. The lowest BCUT2D eigenvalue weighted by Gasteiger charge is -2.27. The van der Waals surface area contributed by atoms with Crippen LogP contribution >= 0.6 is 0 Å². The fraction of sp³-hybridized carbons (Fsp3) is 0.227. The van der Waals surface area contributed by atoms with Crippen LogP contribution in [0.2, 0.25) is 0 Å². The summed E-state index contributed by atoms with van der Waals surface area (Å²) >= 11 is 0. The molecule has 29 heavy (non-hydrogen) atoms. The van der Waals surface area contributed by atoms with E-state index >= 15 is 0 Å². The monoisotopic (exact) mass is 400 g/mol. The minimum absolute atomic E-state index is 0.0116. The van der Waals surface area contributed by atoms with Crippen LogP contribution in [0.25, 0.3) is 10.8 Å². The van der Waals surface area contributed by atoms with E-state index in [0.717, 1.165) is 36.0 Å². The average molecular weight is 400 g/mol. The summed E-state index contributed by atoms with van der Waals surface area (Å²) < 4.78 is 44.0. The normalized spacial score (nSPS) is 14.8. The van der Waals surface area contributed by atoms with Crippen LogP contribution < -0.4 is 10.1 Å². The molecule has 3 aromatic carbocycles. The Kier molecular flexibility index (Phi) is 5.15. The van der Waals surface area contributed by atoms with Gasteiger partial charge in [0.15, 0.2) is 0 Å². The van der Waals surface area contributed by atoms with Crippen molar-refractivity contribution >= 4 is 16.7 Å². The van der Waals surface area contributed by atoms with Gasteiger partial charge in [0.2, 0.25) is 0 Å². The molecule has 0 unspecified atom stereocenters. The highest BCUT2D eigenvalue weighted by Gasteiger charge is 2.30. The number of amides is 1. The van der Waals surface area contributed by atoms with E-state index in [1.807, 2.05) is 23.1 Å². The molecule has 1 fully saturated rings. The first-order valence-electron chi connectivity index (χ1n) is 9.30. The number of nitrogens with zero attached hydrogens (tertiary/aromatic N) is 1. The van der Waals surface area contributed by atoms with Gasteiger partial charge in [-0.25, -0.2) is 0 Å². The molecule has 0 radical (unpaired) electrons. The van der Waals surface area contributed by atoms with Gasteiger partial charge in [0.05, 0.1) is 5.56 Å². The van der Waals surface area contributed by atoms with Gasteiger partial charge >= 0.3 is 6.18 Å². The standard InChI is InChI=1S/C22H19F3N2O2/c23-22(24,25)17-5-7-18(8-6-17)29-20-3-1-2-15-14-16(4-9-19(15)20)21(28)27-12-10-26-11-13-27/h1-9,14,26H,10-13H2. The zero-order chi connectivity index (χ0) is 20.4. The Labute approximate surface area is 165 Å². The Morgan fingerprint density at radius 2 is 1.69 bits per heavy atom. The highest BCUT2D eigenvalue weighted by Crippen LogP contribution is 2.33. The van der Waals surface area contributed by atoms with Gasteiger partial charge in [0, 0.05) is 37.1 Å². The van der Waals surface area contributed by atoms with Gasteiger partial charge in [-0.3, -0.25) is 4.79 Å². The quantitative estimate of drug-likeness (QED) is 0.693. The van der Waals surface area contributed by atoms with Crippen LogP contribution in [0, 0.1) is 0 Å². The van der Waals surface area contributed by atoms with Gasteiger partial charge in [-0.2, -0.15) is 13.2 Å². The number of fused-ring (bicyclic) bond motifs is 1. The number of piperazine rings is 1. The van der Waals surface area contributed by atoms with Gasteiger partial charge in [0.1, 0.15) is 11.5 Å². The summed E-state index contributed by atoms with van der Waals surface area (Å²) in [5.74, 6) is 0.817. The first kappa shape index (κ1) is 19.3. The summed E-state index contributed by atoms with van der Waals surface area (Å²) in [5.41, 5.74) is -0.120. The lowest BCUT2D eigenvalue weighted by molar-refractivity contribution is -0.137. The lowest BCUT2D eigenvalue weighted by Crippen LogP contribution is -2.46. The van der Waals surface area contributed by atoms with Crippen molar-refractivity contribution in [3.63, 3.8) is 0 Å². The van der Waals surface area contributed by atoms with E-state index in [9.17, 15) is 18.0 Å². The average Bonchev–Trinajstić information content (AvgIpc) is 2.73. The number of alkyl halides is 3. The number of rotatable bonds is 3. The second kappa shape index (κ2) is 7.75. The van der Waals surface area contributed by atoms with Gasteiger partial charge in [-0.05, 0) is 53.9 Å². The third-order valence-corrected chi connectivity index (χ3v) is 4.90. The fourth-order valence-corrected chi connectivity index (χ4v) is 3.37. The van der Waals surface area contributed by atoms with Crippen LogP contribution in [0.1, 0.15) is 15.9 Å². The molecule has 1 aliphatic heterocycles. The van der Waals surface area contributed by atoms with Crippen LogP contribution in [0.4, 0.5) is 13.2 Å². The highest BCUT2D eigenvalue weighted by atomic mass is 19.4. The second-order valence-electron chi connectivity index (χ2n) is 6.86. The molecule has 0 bridgehead atoms. The number of carbonyl (C=O) groups is 1. The number of hydrogen-bond acceptors (Lipinski definition) is 3. The molecule has 1 aliphatic rings. The van der Waals surface area contributed by atoms with Gasteiger partial charge in [-0.1, -0.05) is 12.1 Å². The van der Waals surface area contributed by atoms with Crippen molar-refractivity contribution in [1.82, 2.24) is 10.2 Å². The molecule has 7 heteroatoms. The van der Waals surface area contributed by atoms with E-state index in [4.69, 9.17) is 4.74 Å². The number of hydrogen-bond donors (Lipinski definition) is 1. The highest BCUT2D eigenvalue weighted by molar-refractivity contribution is 6.00. The Morgan fingerprint density at radius 3 is 2.38 bits per heavy atom. The van der Waals surface area contributed by atoms with Gasteiger partial charge in [0.25, 0.3) is 5.91 Å². The first-order chi connectivity index (χ1) is 13.9. The van der Waals surface area contributed by atoms with E-state index in [1.54, 1.807) is 18.2 Å². The third-order valence-electron chi connectivity index (χ3n) is 4.90. The van der Waals surface area contributed by atoms with Crippen LogP contribution in [-0.4, -0.2) is 37.0 Å². The van der Waals surface area contributed by atoms with Crippen molar-refractivity contribution in [3.05, 3.63) is 71.8 Å². The van der Waals surface area contributed by atoms with Crippen molar-refractivity contribution in [3.8, 4) is 11.5 Å². The topological polar surface area (TPSA) is 41.6 Å². The summed E-state index contributed by atoms with van der Waals surface area (Å²) in [6, 6.07) is 15.4. The predicted molar refractivity (Wildman–Crippen MR) is 104 cm³/mol. The number of carbonyl (C=O) groups excluding carboxylic acids is 1. The molecule has 3 aromatic rings. The summed E-state index contributed by atoms with van der Waals surface area (Å²) in [7, 11) is 0. The third kappa shape index (κ3) is 4.19. The maximum absolute atomic E-state index is 12.7. The summed E-state index contributed by atoms with van der Waals surface area (Å²) in [4.78, 5) is 14.5. The summed E-state index contributed by atoms with van der Waals surface area (Å²) in [6.07, 6.45) is -4.38. The fourth-order valence-electron chi connectivity index (χ4n) is 3.37. The Hall–Kier alpha value is -3.06. The number of ether oxygens (including phenoxy) is 1. The van der Waals surface area contributed by atoms with Crippen molar-refractivity contribution in [1.29, 1.82) is 0 Å². The molecule has 1 saturated heterocycles. The Balaban J connectivity index is 1.58. The van der Waals surface area contributed by atoms with E-state index in [0.29, 0.717) is 30.2 Å². The molecule has 4 rings (SSSR count). The Bertz CT molecular complexity index is 1030. The van der Waals surface area contributed by atoms with E-state index in [1.165, 1.54) is 12.1 Å². The molecule has 150 valence electrons. The van der Waals surface area contributed by atoms with Crippen LogP contribution in [0.15, 0.2) is 60.7 Å². The molecule has 1 N–H and O–H groups in total. The molecule has 4 nitrogen and oxygen atoms in total. The van der Waals surface area contributed by atoms with Crippen molar-refractivity contribution in [2.24, 2.45) is 0 Å². The maximum atomic E-state index is 12.7. The van der Waals surface area contributed by atoms with E-state index in [2.05, 4.69) is 5.32 Å². The molecular formula is C22H19F3N2O2. The smallest absolute Gasteiger partial charge is 0.416 e. The zero-order valence-electron chi connectivity index (χ0n) is 15.5. The molecular weight excluding hydrogens is 381 g/mol. The van der Waals surface area contributed by atoms with E-state index in [-0.39, 0.29) is 5.91 Å². The predicted octanol–water partition coefficient (Wildman–Crippen LogP) is 4.70. The summed E-state index contributed by atoms with van der Waals surface area (Å²) in [5, 5.41) is 4.83. The maximum Gasteiger partial charge on any atom is 0.416 e. The SMILES string of the molecule is O=C(c1ccc2c(Oc3ccc(C(F)(F)F)cc3)cccc2c1)N1CCNCC1. The van der Waals surface area contributed by atoms with Gasteiger partial charge < -0.3 is 15.0 Å². The molecule has 0 aromatic heterocycles. The lowest BCUT2D eigenvalue weighted by atomic mass is 10.0. The Morgan fingerprint density at radius 1 is 0.966 bits per heavy atom. The first-order valence-corrected chi connectivity index (χ1v) is 9.30. The van der Waals surface area contributed by atoms with Crippen LogP contribution in [-0.2, 0) is 6.18 Å². The van der Waals surface area contributed by atoms with E-state index < -0.39 is 11.7 Å². The number of halogens is 3. The van der Waals surface area contributed by atoms with Crippen LogP contribution in [0.5, 0.6) is 11.5 Å². The summed E-state index contributed by atoms with van der Waals surface area (Å²) in [6.45, 7) is 2.91. The minimum Gasteiger partial charge on any atom is -0.457 e. The van der Waals surface area contributed by atoms with Crippen molar-refractivity contribution in [2.45, 2.75) is 6.18 Å². The van der Waals surface area contributed by atoms with Crippen molar-refractivity contribution in [2.75, 3.05) is 26.2 Å². The number of nitrogens with one attached hydrogen (secondary N) is 1.